The molecule has 2 aliphatic rings. The number of carbonyl (C=O) groups is 1. The molecule has 1 aromatic carbocycles. The van der Waals surface area contributed by atoms with Gasteiger partial charge in [-0.15, -0.1) is 24.8 Å². The van der Waals surface area contributed by atoms with Crippen LogP contribution in [-0.2, 0) is 4.79 Å². The molecule has 2 fully saturated rings. The summed E-state index contributed by atoms with van der Waals surface area (Å²) in [5.41, 5.74) is 7.08. The summed E-state index contributed by atoms with van der Waals surface area (Å²) >= 11 is 0. The van der Waals surface area contributed by atoms with Crippen molar-refractivity contribution in [3.63, 3.8) is 0 Å². The lowest BCUT2D eigenvalue weighted by Gasteiger charge is -2.38. The molecule has 1 unspecified atom stereocenters. The second-order valence-electron chi connectivity index (χ2n) is 6.49. The zero-order chi connectivity index (χ0) is 15.5. The van der Waals surface area contributed by atoms with Gasteiger partial charge in [0.2, 0.25) is 5.91 Å². The molecule has 7 heteroatoms. The lowest BCUT2D eigenvalue weighted by molar-refractivity contribution is -0.137. The van der Waals surface area contributed by atoms with Crippen molar-refractivity contribution < 1.29 is 4.79 Å². The summed E-state index contributed by atoms with van der Waals surface area (Å²) in [4.78, 5) is 19.7. The van der Waals surface area contributed by atoms with E-state index in [0.717, 1.165) is 44.7 Å². The topological polar surface area (TPSA) is 52.8 Å². The second-order valence-corrected chi connectivity index (χ2v) is 6.49. The van der Waals surface area contributed by atoms with Crippen molar-refractivity contribution in [2.75, 3.05) is 46.3 Å². The molecule has 2 saturated heterocycles. The SMILES string of the molecule is CN1CCN(C(C(=O)N2CC[C@@H](N)C2)c2ccccc2)CC1.Cl.Cl. The Bertz CT molecular complexity index is 509. The minimum Gasteiger partial charge on any atom is -0.339 e. The molecule has 0 aliphatic carbocycles. The van der Waals surface area contributed by atoms with Crippen LogP contribution in [0.1, 0.15) is 18.0 Å². The Morgan fingerprint density at radius 1 is 1.08 bits per heavy atom. The Morgan fingerprint density at radius 3 is 2.25 bits per heavy atom. The van der Waals surface area contributed by atoms with Gasteiger partial charge in [-0.25, -0.2) is 0 Å². The van der Waals surface area contributed by atoms with Crippen LogP contribution in [0.3, 0.4) is 0 Å². The summed E-state index contributed by atoms with van der Waals surface area (Å²) < 4.78 is 0. The normalized spacial score (nSPS) is 23.2. The van der Waals surface area contributed by atoms with Gasteiger partial charge in [-0.05, 0) is 19.0 Å². The maximum Gasteiger partial charge on any atom is 0.244 e. The second kappa shape index (κ2) is 9.59. The van der Waals surface area contributed by atoms with E-state index in [1.807, 2.05) is 23.1 Å². The number of piperazine rings is 1. The van der Waals surface area contributed by atoms with Gasteiger partial charge in [0.1, 0.15) is 6.04 Å². The van der Waals surface area contributed by atoms with Gasteiger partial charge in [-0.1, -0.05) is 30.3 Å². The summed E-state index contributed by atoms with van der Waals surface area (Å²) in [7, 11) is 2.14. The average molecular weight is 375 g/mol. The van der Waals surface area contributed by atoms with Crippen molar-refractivity contribution in [3.05, 3.63) is 35.9 Å². The van der Waals surface area contributed by atoms with Crippen molar-refractivity contribution in [2.24, 2.45) is 5.73 Å². The van der Waals surface area contributed by atoms with E-state index in [1.165, 1.54) is 0 Å². The summed E-state index contributed by atoms with van der Waals surface area (Å²) in [5.74, 6) is 0.212. The third-order valence-corrected chi connectivity index (χ3v) is 4.79. The minimum atomic E-state index is -0.166. The molecule has 24 heavy (non-hydrogen) atoms. The first-order chi connectivity index (χ1) is 10.6. The molecule has 0 bridgehead atoms. The standard InChI is InChI=1S/C17H26N4O.2ClH/c1-19-9-11-20(12-10-19)16(14-5-3-2-4-6-14)17(22)21-8-7-15(18)13-21;;/h2-6,15-16H,7-13,18H2,1H3;2*1H/t15-,16?;;/m1../s1. The first-order valence-corrected chi connectivity index (χ1v) is 8.17. The number of amides is 1. The van der Waals surface area contributed by atoms with Crippen LogP contribution in [0.2, 0.25) is 0 Å². The van der Waals surface area contributed by atoms with Gasteiger partial charge in [0, 0.05) is 45.3 Å². The van der Waals surface area contributed by atoms with Crippen molar-refractivity contribution in [1.29, 1.82) is 0 Å². The molecule has 1 aromatic rings. The van der Waals surface area contributed by atoms with Crippen LogP contribution in [0.4, 0.5) is 0 Å². The number of carbonyl (C=O) groups excluding carboxylic acids is 1. The molecule has 0 spiro atoms. The van der Waals surface area contributed by atoms with Crippen LogP contribution in [-0.4, -0.2) is 73.0 Å². The lowest BCUT2D eigenvalue weighted by Crippen LogP contribution is -2.50. The van der Waals surface area contributed by atoms with Crippen LogP contribution in [0.25, 0.3) is 0 Å². The number of hydrogen-bond donors (Lipinski definition) is 1. The quantitative estimate of drug-likeness (QED) is 0.867. The molecule has 2 heterocycles. The van der Waals surface area contributed by atoms with Gasteiger partial charge in [-0.2, -0.15) is 0 Å². The highest BCUT2D eigenvalue weighted by molar-refractivity contribution is 5.85. The van der Waals surface area contributed by atoms with Gasteiger partial charge in [0.05, 0.1) is 0 Å². The van der Waals surface area contributed by atoms with Gasteiger partial charge in [0.25, 0.3) is 0 Å². The molecule has 0 aromatic heterocycles. The Kier molecular flexibility index (Phi) is 8.46. The van der Waals surface area contributed by atoms with E-state index < -0.39 is 0 Å². The van der Waals surface area contributed by atoms with E-state index in [-0.39, 0.29) is 42.8 Å². The number of benzene rings is 1. The van der Waals surface area contributed by atoms with Crippen LogP contribution < -0.4 is 5.73 Å². The fourth-order valence-electron chi connectivity index (χ4n) is 3.39. The minimum absolute atomic E-state index is 0. The predicted octanol–water partition coefficient (Wildman–Crippen LogP) is 1.38. The van der Waals surface area contributed by atoms with Gasteiger partial charge in [0.15, 0.2) is 0 Å². The van der Waals surface area contributed by atoms with Gasteiger partial charge in [-0.3, -0.25) is 9.69 Å². The lowest BCUT2D eigenvalue weighted by atomic mass is 10.0. The number of likely N-dealkylation sites (tertiary alicyclic amines) is 1. The summed E-state index contributed by atoms with van der Waals surface area (Å²) in [6.45, 7) is 5.36. The maximum atomic E-state index is 13.1. The molecule has 2 atom stereocenters. The molecule has 2 N–H and O–H groups in total. The molecule has 0 saturated carbocycles. The first-order valence-electron chi connectivity index (χ1n) is 8.17. The highest BCUT2D eigenvalue weighted by atomic mass is 35.5. The van der Waals surface area contributed by atoms with Gasteiger partial charge >= 0.3 is 0 Å². The summed E-state index contributed by atoms with van der Waals surface area (Å²) in [5, 5.41) is 0. The highest BCUT2D eigenvalue weighted by Gasteiger charge is 2.35. The molecule has 0 radical (unpaired) electrons. The fourth-order valence-corrected chi connectivity index (χ4v) is 3.39. The molecule has 5 nitrogen and oxygen atoms in total. The number of likely N-dealkylation sites (N-methyl/N-ethyl adjacent to an activating group) is 1. The van der Waals surface area contributed by atoms with E-state index in [9.17, 15) is 4.79 Å². The van der Waals surface area contributed by atoms with Crippen molar-refractivity contribution in [3.8, 4) is 0 Å². The predicted molar refractivity (Wildman–Crippen MR) is 102 cm³/mol. The van der Waals surface area contributed by atoms with Crippen LogP contribution in [0.15, 0.2) is 30.3 Å². The molecule has 2 aliphatic heterocycles. The maximum absolute atomic E-state index is 13.1. The largest absolute Gasteiger partial charge is 0.339 e. The Hall–Kier alpha value is -0.850. The van der Waals surface area contributed by atoms with E-state index in [4.69, 9.17) is 5.73 Å². The van der Waals surface area contributed by atoms with E-state index in [1.54, 1.807) is 0 Å². The van der Waals surface area contributed by atoms with Crippen molar-refractivity contribution in [2.45, 2.75) is 18.5 Å². The monoisotopic (exact) mass is 374 g/mol. The van der Waals surface area contributed by atoms with Gasteiger partial charge < -0.3 is 15.5 Å². The molecular weight excluding hydrogens is 347 g/mol. The average Bonchev–Trinajstić information content (AvgIpc) is 2.97. The number of nitrogens with two attached hydrogens (primary N) is 1. The third-order valence-electron chi connectivity index (χ3n) is 4.79. The smallest absolute Gasteiger partial charge is 0.244 e. The Balaban J connectivity index is 0.00000144. The van der Waals surface area contributed by atoms with Crippen molar-refractivity contribution >= 4 is 30.7 Å². The van der Waals surface area contributed by atoms with Crippen LogP contribution in [0, 0.1) is 0 Å². The third kappa shape index (κ3) is 4.83. The molecule has 136 valence electrons. The molecule has 3 rings (SSSR count). The summed E-state index contributed by atoms with van der Waals surface area (Å²) in [6, 6.07) is 10.1. The first kappa shape index (κ1) is 21.2. The van der Waals surface area contributed by atoms with Crippen molar-refractivity contribution in [1.82, 2.24) is 14.7 Å². The van der Waals surface area contributed by atoms with Crippen LogP contribution in [0.5, 0.6) is 0 Å². The Labute approximate surface area is 157 Å². The number of nitrogens with zero attached hydrogens (tertiary/aromatic N) is 3. The zero-order valence-corrected chi connectivity index (χ0v) is 15.8. The zero-order valence-electron chi connectivity index (χ0n) is 14.1. The number of hydrogen-bond acceptors (Lipinski definition) is 4. The Morgan fingerprint density at radius 2 is 1.71 bits per heavy atom. The molecular formula is C17H28Cl2N4O. The fraction of sp³-hybridized carbons (Fsp3) is 0.588. The highest BCUT2D eigenvalue weighted by Crippen LogP contribution is 2.26. The van der Waals surface area contributed by atoms with E-state index >= 15 is 0 Å². The number of rotatable bonds is 3. The van der Waals surface area contributed by atoms with Crippen LogP contribution >= 0.6 is 24.8 Å². The number of halogens is 2. The van der Waals surface area contributed by atoms with E-state index in [2.05, 4.69) is 29.0 Å². The summed E-state index contributed by atoms with van der Waals surface area (Å²) in [6.07, 6.45) is 0.913. The molecule has 1 amide bonds. The van der Waals surface area contributed by atoms with E-state index in [0.29, 0.717) is 6.54 Å².